The summed E-state index contributed by atoms with van der Waals surface area (Å²) in [6, 6.07) is 7.24. The minimum atomic E-state index is -1.54. The van der Waals surface area contributed by atoms with Crippen molar-refractivity contribution < 1.29 is 32.6 Å². The SMILES string of the molecule is COC(=O)c1ccc2[nH]cc(C3CCN(C(CO)C4CCN(C(=O)/C=C/c5cc(F)c(F)c(F)c5)CC4)CC3)c2c1. The molecule has 7 nitrogen and oxygen atoms in total. The summed E-state index contributed by atoms with van der Waals surface area (Å²) in [5.41, 5.74) is 2.77. The van der Waals surface area contributed by atoms with E-state index in [1.807, 2.05) is 18.3 Å². The lowest BCUT2D eigenvalue weighted by atomic mass is 9.84. The third-order valence-electron chi connectivity index (χ3n) is 8.58. The number of rotatable bonds is 7. The number of aromatic amines is 1. The topological polar surface area (TPSA) is 85.9 Å². The zero-order valence-corrected chi connectivity index (χ0v) is 22.9. The van der Waals surface area contributed by atoms with Gasteiger partial charge in [-0.25, -0.2) is 18.0 Å². The van der Waals surface area contributed by atoms with Crippen LogP contribution in [0.1, 0.15) is 53.1 Å². The first-order chi connectivity index (χ1) is 19.8. The Morgan fingerprint density at radius 1 is 1.05 bits per heavy atom. The van der Waals surface area contributed by atoms with E-state index in [1.54, 1.807) is 11.0 Å². The van der Waals surface area contributed by atoms with Gasteiger partial charge in [-0.15, -0.1) is 0 Å². The average Bonchev–Trinajstić information content (AvgIpc) is 3.42. The summed E-state index contributed by atoms with van der Waals surface area (Å²) >= 11 is 0. The molecule has 2 aliphatic heterocycles. The number of nitrogens with one attached hydrogen (secondary N) is 1. The van der Waals surface area contributed by atoms with Crippen LogP contribution >= 0.6 is 0 Å². The number of aromatic nitrogens is 1. The van der Waals surface area contributed by atoms with Crippen LogP contribution in [0.4, 0.5) is 13.2 Å². The number of hydrogen-bond donors (Lipinski definition) is 2. The molecule has 2 saturated heterocycles. The van der Waals surface area contributed by atoms with Crippen molar-refractivity contribution in [2.45, 2.75) is 37.6 Å². The molecule has 1 aromatic heterocycles. The third kappa shape index (κ3) is 6.18. The van der Waals surface area contributed by atoms with Gasteiger partial charge in [-0.1, -0.05) is 0 Å². The summed E-state index contributed by atoms with van der Waals surface area (Å²) in [5.74, 6) is -4.20. The molecule has 2 N–H and O–H groups in total. The molecule has 10 heteroatoms. The first kappa shape index (κ1) is 28.9. The number of H-pyrrole nitrogens is 1. The lowest BCUT2D eigenvalue weighted by molar-refractivity contribution is -0.127. The van der Waals surface area contributed by atoms with E-state index in [-0.39, 0.29) is 36.0 Å². The lowest BCUT2D eigenvalue weighted by Gasteiger charge is -2.43. The number of amides is 1. The Labute approximate surface area is 236 Å². The molecule has 0 aliphatic carbocycles. The summed E-state index contributed by atoms with van der Waals surface area (Å²) in [7, 11) is 1.37. The minimum Gasteiger partial charge on any atom is -0.465 e. The van der Waals surface area contributed by atoms with Gasteiger partial charge < -0.3 is 19.7 Å². The second-order valence-corrected chi connectivity index (χ2v) is 10.9. The van der Waals surface area contributed by atoms with Crippen molar-refractivity contribution in [3.63, 3.8) is 0 Å². The van der Waals surface area contributed by atoms with Gasteiger partial charge in [-0.05, 0) is 98.1 Å². The fraction of sp³-hybridized carbons (Fsp3) is 0.419. The van der Waals surface area contributed by atoms with E-state index in [0.29, 0.717) is 24.6 Å². The van der Waals surface area contributed by atoms with Crippen molar-refractivity contribution in [2.75, 3.05) is 39.9 Å². The zero-order valence-electron chi connectivity index (χ0n) is 22.9. The molecule has 2 aromatic carbocycles. The molecule has 5 rings (SSSR count). The van der Waals surface area contributed by atoms with Gasteiger partial charge in [0.1, 0.15) is 0 Å². The summed E-state index contributed by atoms with van der Waals surface area (Å²) in [6.45, 7) is 2.76. The molecule has 1 amide bonds. The molecular formula is C31H34F3N3O4. The number of halogens is 3. The number of fused-ring (bicyclic) bond motifs is 1. The molecule has 0 bridgehead atoms. The molecule has 1 unspecified atom stereocenters. The van der Waals surface area contributed by atoms with Crippen LogP contribution in [0.3, 0.4) is 0 Å². The van der Waals surface area contributed by atoms with Gasteiger partial charge in [-0.2, -0.15) is 0 Å². The predicted molar refractivity (Wildman–Crippen MR) is 149 cm³/mol. The van der Waals surface area contributed by atoms with E-state index in [2.05, 4.69) is 9.88 Å². The highest BCUT2D eigenvalue weighted by molar-refractivity contribution is 5.96. The van der Waals surface area contributed by atoms with Gasteiger partial charge in [0, 0.05) is 42.3 Å². The molecule has 41 heavy (non-hydrogen) atoms. The van der Waals surface area contributed by atoms with Crippen LogP contribution < -0.4 is 0 Å². The van der Waals surface area contributed by atoms with Crippen LogP contribution in [0.25, 0.3) is 17.0 Å². The zero-order chi connectivity index (χ0) is 29.1. The quantitative estimate of drug-likeness (QED) is 0.241. The summed E-state index contributed by atoms with van der Waals surface area (Å²) in [4.78, 5) is 32.0. The van der Waals surface area contributed by atoms with E-state index < -0.39 is 17.5 Å². The fourth-order valence-corrected chi connectivity index (χ4v) is 6.28. The van der Waals surface area contributed by atoms with E-state index >= 15 is 0 Å². The number of carbonyl (C=O) groups is 2. The maximum Gasteiger partial charge on any atom is 0.337 e. The predicted octanol–water partition coefficient (Wildman–Crippen LogP) is 4.86. The summed E-state index contributed by atoms with van der Waals surface area (Å²) in [6.07, 6.45) is 7.90. The average molecular weight is 570 g/mol. The van der Waals surface area contributed by atoms with E-state index in [4.69, 9.17) is 4.74 Å². The number of aliphatic hydroxyl groups excluding tert-OH is 1. The van der Waals surface area contributed by atoms with Gasteiger partial charge in [-0.3, -0.25) is 9.69 Å². The van der Waals surface area contributed by atoms with Gasteiger partial charge >= 0.3 is 5.97 Å². The van der Waals surface area contributed by atoms with Crippen LogP contribution in [0.5, 0.6) is 0 Å². The number of methoxy groups -OCH3 is 1. The largest absolute Gasteiger partial charge is 0.465 e. The second kappa shape index (κ2) is 12.5. The first-order valence-electron chi connectivity index (χ1n) is 13.9. The van der Waals surface area contributed by atoms with Gasteiger partial charge in [0.15, 0.2) is 17.5 Å². The molecule has 2 fully saturated rings. The van der Waals surface area contributed by atoms with Crippen LogP contribution in [-0.2, 0) is 9.53 Å². The molecule has 3 aromatic rings. The number of carbonyl (C=O) groups excluding carboxylic acids is 2. The fourth-order valence-electron chi connectivity index (χ4n) is 6.28. The van der Waals surface area contributed by atoms with Gasteiger partial charge in [0.05, 0.1) is 19.3 Å². The van der Waals surface area contributed by atoms with E-state index in [0.717, 1.165) is 61.8 Å². The molecular weight excluding hydrogens is 535 g/mol. The number of hydrogen-bond acceptors (Lipinski definition) is 5. The highest BCUT2D eigenvalue weighted by Gasteiger charge is 2.34. The monoisotopic (exact) mass is 569 g/mol. The van der Waals surface area contributed by atoms with Crippen LogP contribution in [0.2, 0.25) is 0 Å². The maximum absolute atomic E-state index is 13.4. The Bertz CT molecular complexity index is 1420. The minimum absolute atomic E-state index is 0.00260. The third-order valence-corrected chi connectivity index (χ3v) is 8.58. The molecule has 0 spiro atoms. The van der Waals surface area contributed by atoms with E-state index in [9.17, 15) is 27.9 Å². The molecule has 2 aliphatic rings. The van der Waals surface area contributed by atoms with Gasteiger partial charge in [0.25, 0.3) is 0 Å². The van der Waals surface area contributed by atoms with E-state index in [1.165, 1.54) is 24.8 Å². The molecule has 0 saturated carbocycles. The van der Waals surface area contributed by atoms with Gasteiger partial charge in [0.2, 0.25) is 5.91 Å². The Kier molecular flexibility index (Phi) is 8.79. The van der Waals surface area contributed by atoms with Crippen molar-refractivity contribution in [2.24, 2.45) is 5.92 Å². The van der Waals surface area contributed by atoms with Crippen molar-refractivity contribution in [1.82, 2.24) is 14.8 Å². The highest BCUT2D eigenvalue weighted by Crippen LogP contribution is 2.36. The smallest absolute Gasteiger partial charge is 0.337 e. The Morgan fingerprint density at radius 3 is 2.37 bits per heavy atom. The molecule has 3 heterocycles. The number of esters is 1. The number of ether oxygens (including phenoxy) is 1. The Hall–Kier alpha value is -3.63. The number of nitrogens with zero attached hydrogens (tertiary/aromatic N) is 2. The first-order valence-corrected chi connectivity index (χ1v) is 13.9. The standard InChI is InChI=1S/C31H34F3N3O4/c1-41-31(40)22-3-4-27-23(16-22)24(17-35-27)20-6-10-36(11-7-20)28(18-38)21-8-12-37(13-9-21)29(39)5-2-19-14-25(32)30(34)26(33)15-19/h2-5,14-17,20-21,28,35,38H,6-13,18H2,1H3/b5-2+. The van der Waals surface area contributed by atoms with Crippen molar-refractivity contribution in [3.8, 4) is 0 Å². The normalized spacial score (nSPS) is 18.3. The van der Waals surface area contributed by atoms with Crippen LogP contribution in [0, 0.1) is 23.4 Å². The Morgan fingerprint density at radius 2 is 1.73 bits per heavy atom. The van der Waals surface area contributed by atoms with Crippen LogP contribution in [0.15, 0.2) is 42.6 Å². The number of likely N-dealkylation sites (tertiary alicyclic amines) is 2. The number of aliphatic hydroxyl groups is 1. The molecule has 1 atom stereocenters. The summed E-state index contributed by atoms with van der Waals surface area (Å²) < 4.78 is 44.9. The summed E-state index contributed by atoms with van der Waals surface area (Å²) in [5, 5.41) is 11.3. The second-order valence-electron chi connectivity index (χ2n) is 10.9. The Balaban J connectivity index is 1.15. The number of benzene rings is 2. The van der Waals surface area contributed by atoms with Crippen molar-refractivity contribution >= 4 is 28.9 Å². The van der Waals surface area contributed by atoms with Crippen molar-refractivity contribution in [3.05, 3.63) is 76.7 Å². The lowest BCUT2D eigenvalue weighted by Crippen LogP contribution is -2.50. The van der Waals surface area contributed by atoms with Crippen molar-refractivity contribution in [1.29, 1.82) is 0 Å². The molecule has 0 radical (unpaired) electrons. The number of piperidine rings is 2. The highest BCUT2D eigenvalue weighted by atomic mass is 19.2. The molecule has 218 valence electrons. The van der Waals surface area contributed by atoms with Crippen LogP contribution in [-0.4, -0.2) is 77.7 Å². The maximum atomic E-state index is 13.4.